The summed E-state index contributed by atoms with van der Waals surface area (Å²) in [6.07, 6.45) is 0. The van der Waals surface area contributed by atoms with Crippen LogP contribution in [0.2, 0.25) is 0 Å². The lowest BCUT2D eigenvalue weighted by Gasteiger charge is -2.18. The van der Waals surface area contributed by atoms with Gasteiger partial charge >= 0.3 is 0 Å². The molecule has 3 rings (SSSR count). The highest BCUT2D eigenvalue weighted by molar-refractivity contribution is 5.94. The molecule has 1 amide bonds. The second kappa shape index (κ2) is 6.84. The zero-order valence-electron chi connectivity index (χ0n) is 13.6. The Labute approximate surface area is 137 Å². The third-order valence-electron chi connectivity index (χ3n) is 4.08. The minimum atomic E-state index is 0.0496. The maximum absolute atomic E-state index is 12.6. The summed E-state index contributed by atoms with van der Waals surface area (Å²) in [4.78, 5) is 14.3. The first-order valence-electron chi connectivity index (χ1n) is 7.97. The van der Waals surface area contributed by atoms with Crippen LogP contribution < -0.4 is 10.1 Å². The molecule has 0 saturated carbocycles. The van der Waals surface area contributed by atoms with Crippen LogP contribution in [-0.4, -0.2) is 24.5 Å². The molecule has 0 aromatic heterocycles. The summed E-state index contributed by atoms with van der Waals surface area (Å²) < 4.78 is 5.44. The van der Waals surface area contributed by atoms with E-state index < -0.39 is 0 Å². The van der Waals surface area contributed by atoms with Gasteiger partial charge in [0.15, 0.2) is 0 Å². The van der Waals surface area contributed by atoms with Crippen molar-refractivity contribution in [2.24, 2.45) is 0 Å². The standard InChI is InChI=1S/C19H22N2O2/c1-3-23-18-8-4-14(5-9-18)13-21(2)19(22)15-6-7-16-11-20-12-17(16)10-15/h4-10,20H,3,11-13H2,1-2H3. The van der Waals surface area contributed by atoms with Gasteiger partial charge in [-0.3, -0.25) is 4.79 Å². The van der Waals surface area contributed by atoms with E-state index in [1.165, 1.54) is 11.1 Å². The van der Waals surface area contributed by atoms with E-state index in [1.54, 1.807) is 4.90 Å². The molecular weight excluding hydrogens is 288 g/mol. The Morgan fingerprint density at radius 3 is 2.61 bits per heavy atom. The molecule has 1 N–H and O–H groups in total. The average molecular weight is 310 g/mol. The van der Waals surface area contributed by atoms with Crippen molar-refractivity contribution in [3.63, 3.8) is 0 Å². The van der Waals surface area contributed by atoms with Crippen LogP contribution in [0, 0.1) is 0 Å². The highest BCUT2D eigenvalue weighted by Crippen LogP contribution is 2.19. The molecule has 2 aromatic rings. The molecule has 4 nitrogen and oxygen atoms in total. The number of ether oxygens (including phenoxy) is 1. The molecule has 0 unspecified atom stereocenters. The fraction of sp³-hybridized carbons (Fsp3) is 0.316. The summed E-state index contributed by atoms with van der Waals surface area (Å²) in [5.74, 6) is 0.907. The Morgan fingerprint density at radius 2 is 1.87 bits per heavy atom. The molecule has 1 aliphatic rings. The Morgan fingerprint density at radius 1 is 1.13 bits per heavy atom. The molecule has 1 aliphatic heterocycles. The van der Waals surface area contributed by atoms with E-state index in [0.29, 0.717) is 13.2 Å². The quantitative estimate of drug-likeness (QED) is 0.923. The van der Waals surface area contributed by atoms with Crippen molar-refractivity contribution in [2.75, 3.05) is 13.7 Å². The van der Waals surface area contributed by atoms with E-state index >= 15 is 0 Å². The van der Waals surface area contributed by atoms with Crippen molar-refractivity contribution in [1.82, 2.24) is 10.2 Å². The van der Waals surface area contributed by atoms with E-state index in [2.05, 4.69) is 5.32 Å². The molecule has 0 spiro atoms. The Kier molecular flexibility index (Phi) is 4.63. The number of carbonyl (C=O) groups excluding carboxylic acids is 1. The predicted octanol–water partition coefficient (Wildman–Crippen LogP) is 2.96. The molecule has 0 atom stereocenters. The van der Waals surface area contributed by atoms with Crippen LogP contribution in [-0.2, 0) is 19.6 Å². The summed E-state index contributed by atoms with van der Waals surface area (Å²) in [6, 6.07) is 13.9. The van der Waals surface area contributed by atoms with Gasteiger partial charge in [-0.05, 0) is 47.9 Å². The summed E-state index contributed by atoms with van der Waals surface area (Å²) in [7, 11) is 1.84. The third-order valence-corrected chi connectivity index (χ3v) is 4.08. The minimum absolute atomic E-state index is 0.0496. The number of benzene rings is 2. The number of carbonyl (C=O) groups is 1. The van der Waals surface area contributed by atoms with Crippen molar-refractivity contribution in [2.45, 2.75) is 26.6 Å². The van der Waals surface area contributed by atoms with Crippen molar-refractivity contribution in [3.05, 3.63) is 64.7 Å². The van der Waals surface area contributed by atoms with Gasteiger partial charge < -0.3 is 15.0 Å². The van der Waals surface area contributed by atoms with Gasteiger partial charge in [-0.25, -0.2) is 0 Å². The first-order valence-corrected chi connectivity index (χ1v) is 7.97. The highest BCUT2D eigenvalue weighted by Gasteiger charge is 2.16. The minimum Gasteiger partial charge on any atom is -0.494 e. The Bertz CT molecular complexity index is 695. The van der Waals surface area contributed by atoms with Gasteiger partial charge in [-0.15, -0.1) is 0 Å². The van der Waals surface area contributed by atoms with E-state index in [4.69, 9.17) is 4.74 Å². The van der Waals surface area contributed by atoms with Crippen LogP contribution in [0.5, 0.6) is 5.75 Å². The van der Waals surface area contributed by atoms with Crippen molar-refractivity contribution in [3.8, 4) is 5.75 Å². The van der Waals surface area contributed by atoms with Crippen LogP contribution in [0.3, 0.4) is 0 Å². The second-order valence-electron chi connectivity index (χ2n) is 5.83. The Hall–Kier alpha value is -2.33. The second-order valence-corrected chi connectivity index (χ2v) is 5.83. The highest BCUT2D eigenvalue weighted by atomic mass is 16.5. The number of hydrogen-bond acceptors (Lipinski definition) is 3. The average Bonchev–Trinajstić information content (AvgIpc) is 3.03. The lowest BCUT2D eigenvalue weighted by Crippen LogP contribution is -2.26. The molecule has 0 aliphatic carbocycles. The largest absolute Gasteiger partial charge is 0.494 e. The molecule has 4 heteroatoms. The molecule has 120 valence electrons. The fourth-order valence-electron chi connectivity index (χ4n) is 2.85. The molecule has 0 radical (unpaired) electrons. The number of nitrogens with zero attached hydrogens (tertiary/aromatic N) is 1. The third kappa shape index (κ3) is 3.54. The van der Waals surface area contributed by atoms with Gasteiger partial charge in [-0.1, -0.05) is 18.2 Å². The zero-order chi connectivity index (χ0) is 16.2. The van der Waals surface area contributed by atoms with E-state index in [0.717, 1.165) is 30.0 Å². The molecular formula is C19H22N2O2. The van der Waals surface area contributed by atoms with Gasteiger partial charge in [0, 0.05) is 32.2 Å². The molecule has 0 fully saturated rings. The lowest BCUT2D eigenvalue weighted by atomic mass is 10.1. The van der Waals surface area contributed by atoms with Gasteiger partial charge in [-0.2, -0.15) is 0 Å². The normalized spacial score (nSPS) is 12.8. The lowest BCUT2D eigenvalue weighted by molar-refractivity contribution is 0.0785. The first kappa shape index (κ1) is 15.6. The van der Waals surface area contributed by atoms with Crippen molar-refractivity contribution >= 4 is 5.91 Å². The fourth-order valence-corrected chi connectivity index (χ4v) is 2.85. The zero-order valence-corrected chi connectivity index (χ0v) is 13.6. The Balaban J connectivity index is 1.67. The van der Waals surface area contributed by atoms with Crippen LogP contribution >= 0.6 is 0 Å². The summed E-state index contributed by atoms with van der Waals surface area (Å²) in [6.45, 7) is 4.95. The van der Waals surface area contributed by atoms with E-state index in [9.17, 15) is 4.79 Å². The SMILES string of the molecule is CCOc1ccc(CN(C)C(=O)c2ccc3c(c2)CNC3)cc1. The van der Waals surface area contributed by atoms with Crippen LogP contribution in [0.15, 0.2) is 42.5 Å². The molecule has 0 bridgehead atoms. The maximum Gasteiger partial charge on any atom is 0.253 e. The topological polar surface area (TPSA) is 41.6 Å². The smallest absolute Gasteiger partial charge is 0.253 e. The predicted molar refractivity (Wildman–Crippen MR) is 90.4 cm³/mol. The molecule has 1 heterocycles. The van der Waals surface area contributed by atoms with E-state index in [1.807, 2.05) is 56.4 Å². The van der Waals surface area contributed by atoms with Gasteiger partial charge in [0.05, 0.1) is 6.61 Å². The van der Waals surface area contributed by atoms with Crippen LogP contribution in [0.4, 0.5) is 0 Å². The van der Waals surface area contributed by atoms with Gasteiger partial charge in [0.25, 0.3) is 5.91 Å². The summed E-state index contributed by atoms with van der Waals surface area (Å²) in [5.41, 5.74) is 4.36. The number of rotatable bonds is 5. The first-order chi connectivity index (χ1) is 11.2. The number of amides is 1. The van der Waals surface area contributed by atoms with Gasteiger partial charge in [0.1, 0.15) is 5.75 Å². The van der Waals surface area contributed by atoms with Crippen LogP contribution in [0.25, 0.3) is 0 Å². The van der Waals surface area contributed by atoms with Crippen molar-refractivity contribution in [1.29, 1.82) is 0 Å². The number of hydrogen-bond donors (Lipinski definition) is 1. The number of nitrogens with one attached hydrogen (secondary N) is 1. The monoisotopic (exact) mass is 310 g/mol. The summed E-state index contributed by atoms with van der Waals surface area (Å²) in [5, 5.41) is 3.30. The molecule has 2 aromatic carbocycles. The van der Waals surface area contributed by atoms with E-state index in [-0.39, 0.29) is 5.91 Å². The molecule has 23 heavy (non-hydrogen) atoms. The summed E-state index contributed by atoms with van der Waals surface area (Å²) >= 11 is 0. The van der Waals surface area contributed by atoms with Gasteiger partial charge in [0.2, 0.25) is 0 Å². The maximum atomic E-state index is 12.6. The van der Waals surface area contributed by atoms with Crippen molar-refractivity contribution < 1.29 is 9.53 Å². The van der Waals surface area contributed by atoms with Crippen LogP contribution in [0.1, 0.15) is 34.0 Å². The number of fused-ring (bicyclic) bond motifs is 1. The molecule has 0 saturated heterocycles.